The molecule has 1 fully saturated rings. The third-order valence-electron chi connectivity index (χ3n) is 1.75. The largest absolute Gasteiger partial charge is 0.455 e. The van der Waals surface area contributed by atoms with Gasteiger partial charge in [-0.1, -0.05) is 11.8 Å². The van der Waals surface area contributed by atoms with E-state index in [4.69, 9.17) is 4.74 Å². The lowest BCUT2D eigenvalue weighted by molar-refractivity contribution is -0.127. The van der Waals surface area contributed by atoms with Gasteiger partial charge in [-0.05, 0) is 0 Å². The Morgan fingerprint density at radius 1 is 1.38 bits per heavy atom. The smallest absolute Gasteiger partial charge is 0.294 e. The van der Waals surface area contributed by atoms with Crippen molar-refractivity contribution in [2.75, 3.05) is 39.5 Å². The van der Waals surface area contributed by atoms with Crippen LogP contribution < -0.4 is 0 Å². The van der Waals surface area contributed by atoms with Gasteiger partial charge in [0.25, 0.3) is 6.47 Å². The van der Waals surface area contributed by atoms with E-state index in [9.17, 15) is 4.79 Å². The monoisotopic (exact) mass is 183 g/mol. The minimum Gasteiger partial charge on any atom is -0.455 e. The number of nitrogens with zero attached hydrogens (tertiary/aromatic N) is 1. The molecule has 0 aromatic rings. The molecule has 0 spiro atoms. The minimum absolute atomic E-state index is 0.188. The molecule has 13 heavy (non-hydrogen) atoms. The first-order valence-electron chi connectivity index (χ1n) is 4.24. The van der Waals surface area contributed by atoms with E-state index in [2.05, 4.69) is 21.5 Å². The first kappa shape index (κ1) is 10.0. The van der Waals surface area contributed by atoms with E-state index in [1.54, 1.807) is 0 Å². The summed E-state index contributed by atoms with van der Waals surface area (Å²) in [6, 6.07) is 0. The van der Waals surface area contributed by atoms with Crippen molar-refractivity contribution in [1.29, 1.82) is 0 Å². The van der Waals surface area contributed by atoms with Gasteiger partial charge in [0.1, 0.15) is 0 Å². The lowest BCUT2D eigenvalue weighted by Crippen LogP contribution is -2.36. The van der Waals surface area contributed by atoms with Crippen LogP contribution in [-0.2, 0) is 14.3 Å². The van der Waals surface area contributed by atoms with Gasteiger partial charge in [-0.25, -0.2) is 0 Å². The molecule has 0 radical (unpaired) electrons. The molecule has 0 N–H and O–H groups in total. The van der Waals surface area contributed by atoms with E-state index in [0.29, 0.717) is 6.47 Å². The second-order valence-electron chi connectivity index (χ2n) is 2.65. The van der Waals surface area contributed by atoms with Crippen molar-refractivity contribution in [2.45, 2.75) is 0 Å². The molecule has 0 aromatic heterocycles. The Labute approximate surface area is 77.8 Å². The number of morpholine rings is 1. The molecule has 72 valence electrons. The van der Waals surface area contributed by atoms with Crippen LogP contribution in [-0.4, -0.2) is 50.8 Å². The molecule has 1 rings (SSSR count). The highest BCUT2D eigenvalue weighted by Crippen LogP contribution is 1.94. The second kappa shape index (κ2) is 6.46. The third kappa shape index (κ3) is 4.51. The van der Waals surface area contributed by atoms with Gasteiger partial charge in [-0.15, -0.1) is 0 Å². The topological polar surface area (TPSA) is 38.8 Å². The molecule has 0 aromatic carbocycles. The molecule has 1 aliphatic heterocycles. The Kier molecular flexibility index (Phi) is 4.99. The van der Waals surface area contributed by atoms with Crippen LogP contribution in [0.1, 0.15) is 0 Å². The van der Waals surface area contributed by atoms with Crippen LogP contribution in [0.5, 0.6) is 0 Å². The van der Waals surface area contributed by atoms with E-state index in [-0.39, 0.29) is 6.61 Å². The molecule has 0 amide bonds. The Bertz CT molecular complexity index is 201. The van der Waals surface area contributed by atoms with Crippen molar-refractivity contribution >= 4 is 6.47 Å². The summed E-state index contributed by atoms with van der Waals surface area (Å²) in [5.41, 5.74) is 0. The van der Waals surface area contributed by atoms with Crippen LogP contribution in [0.15, 0.2) is 0 Å². The molecular formula is C9H13NO3. The molecule has 1 heterocycles. The fourth-order valence-electron chi connectivity index (χ4n) is 1.05. The zero-order chi connectivity index (χ0) is 9.36. The van der Waals surface area contributed by atoms with Gasteiger partial charge < -0.3 is 9.47 Å². The van der Waals surface area contributed by atoms with Crippen LogP contribution in [0.3, 0.4) is 0 Å². The van der Waals surface area contributed by atoms with Gasteiger partial charge in [0.2, 0.25) is 0 Å². The molecule has 4 heteroatoms. The fraction of sp³-hybridized carbons (Fsp3) is 0.667. The van der Waals surface area contributed by atoms with E-state index < -0.39 is 0 Å². The van der Waals surface area contributed by atoms with Crippen LogP contribution in [0.25, 0.3) is 0 Å². The fourth-order valence-corrected chi connectivity index (χ4v) is 1.05. The SMILES string of the molecule is O=COCC#CCN1CCOCC1. The predicted molar refractivity (Wildman–Crippen MR) is 47.1 cm³/mol. The van der Waals surface area contributed by atoms with Crippen molar-refractivity contribution in [2.24, 2.45) is 0 Å². The van der Waals surface area contributed by atoms with Gasteiger partial charge in [0.05, 0.1) is 19.8 Å². The molecule has 1 saturated heterocycles. The standard InChI is InChI=1S/C9H13NO3/c11-9-13-6-2-1-3-10-4-7-12-8-5-10/h9H,3-8H2. The molecule has 0 atom stereocenters. The number of ether oxygens (including phenoxy) is 2. The Morgan fingerprint density at radius 2 is 2.15 bits per heavy atom. The number of hydrogen-bond acceptors (Lipinski definition) is 4. The van der Waals surface area contributed by atoms with Crippen molar-refractivity contribution in [3.05, 3.63) is 0 Å². The Hall–Kier alpha value is -1.05. The van der Waals surface area contributed by atoms with Gasteiger partial charge in [0.15, 0.2) is 6.61 Å². The molecular weight excluding hydrogens is 170 g/mol. The normalized spacial score (nSPS) is 17.2. The number of hydrogen-bond donors (Lipinski definition) is 0. The van der Waals surface area contributed by atoms with E-state index in [0.717, 1.165) is 32.8 Å². The molecule has 0 bridgehead atoms. The second-order valence-corrected chi connectivity index (χ2v) is 2.65. The first-order chi connectivity index (χ1) is 6.43. The zero-order valence-electron chi connectivity index (χ0n) is 7.49. The van der Waals surface area contributed by atoms with Crippen molar-refractivity contribution in [3.63, 3.8) is 0 Å². The highest BCUT2D eigenvalue weighted by molar-refractivity contribution is 5.37. The summed E-state index contributed by atoms with van der Waals surface area (Å²) in [6.45, 7) is 4.76. The van der Waals surface area contributed by atoms with Gasteiger partial charge in [-0.3, -0.25) is 9.69 Å². The average molecular weight is 183 g/mol. The third-order valence-corrected chi connectivity index (χ3v) is 1.75. The predicted octanol–water partition coefficient (Wildman–Crippen LogP) is -0.505. The maximum atomic E-state index is 9.75. The van der Waals surface area contributed by atoms with Crippen molar-refractivity contribution in [3.8, 4) is 11.8 Å². The first-order valence-corrected chi connectivity index (χ1v) is 4.24. The number of carbonyl (C=O) groups is 1. The summed E-state index contributed by atoms with van der Waals surface area (Å²) in [6.07, 6.45) is 0. The van der Waals surface area contributed by atoms with Crippen LogP contribution in [0.4, 0.5) is 0 Å². The molecule has 0 saturated carbocycles. The quantitative estimate of drug-likeness (QED) is 0.336. The van der Waals surface area contributed by atoms with Crippen LogP contribution in [0, 0.1) is 11.8 Å². The maximum absolute atomic E-state index is 9.75. The summed E-state index contributed by atoms with van der Waals surface area (Å²) in [5, 5.41) is 0. The lowest BCUT2D eigenvalue weighted by Gasteiger charge is -2.24. The summed E-state index contributed by atoms with van der Waals surface area (Å²) in [5.74, 6) is 5.67. The van der Waals surface area contributed by atoms with Gasteiger partial charge >= 0.3 is 0 Å². The highest BCUT2D eigenvalue weighted by atomic mass is 16.5. The van der Waals surface area contributed by atoms with E-state index in [1.165, 1.54) is 0 Å². The van der Waals surface area contributed by atoms with Crippen LogP contribution >= 0.6 is 0 Å². The highest BCUT2D eigenvalue weighted by Gasteiger charge is 2.07. The van der Waals surface area contributed by atoms with Crippen molar-refractivity contribution < 1.29 is 14.3 Å². The number of rotatable bonds is 3. The summed E-state index contributed by atoms with van der Waals surface area (Å²) < 4.78 is 9.61. The minimum atomic E-state index is 0.188. The number of carbonyl (C=O) groups excluding carboxylic acids is 1. The van der Waals surface area contributed by atoms with Crippen LogP contribution in [0.2, 0.25) is 0 Å². The molecule has 0 aliphatic carbocycles. The summed E-state index contributed by atoms with van der Waals surface area (Å²) in [7, 11) is 0. The Balaban J connectivity index is 2.07. The molecule has 0 unspecified atom stereocenters. The summed E-state index contributed by atoms with van der Waals surface area (Å²) >= 11 is 0. The van der Waals surface area contributed by atoms with Gasteiger partial charge in [0, 0.05) is 13.1 Å². The lowest BCUT2D eigenvalue weighted by atomic mass is 10.4. The zero-order valence-corrected chi connectivity index (χ0v) is 7.49. The summed E-state index contributed by atoms with van der Waals surface area (Å²) in [4.78, 5) is 12.0. The average Bonchev–Trinajstić information content (AvgIpc) is 2.19. The maximum Gasteiger partial charge on any atom is 0.294 e. The van der Waals surface area contributed by atoms with Gasteiger partial charge in [-0.2, -0.15) is 0 Å². The van der Waals surface area contributed by atoms with E-state index >= 15 is 0 Å². The van der Waals surface area contributed by atoms with E-state index in [1.807, 2.05) is 0 Å². The van der Waals surface area contributed by atoms with Crippen molar-refractivity contribution in [1.82, 2.24) is 4.90 Å². The molecule has 4 nitrogen and oxygen atoms in total. The Morgan fingerprint density at radius 3 is 2.85 bits per heavy atom. The molecule has 1 aliphatic rings.